The molecule has 2 rings (SSSR count). The molecule has 0 bridgehead atoms. The van der Waals surface area contributed by atoms with Crippen LogP contribution in [0.1, 0.15) is 24.9 Å². The molecule has 1 aliphatic rings. The van der Waals surface area contributed by atoms with Crippen molar-refractivity contribution < 1.29 is 13.5 Å². The number of rotatable bonds is 4. The van der Waals surface area contributed by atoms with Gasteiger partial charge in [0.25, 0.3) is 0 Å². The molecule has 0 radical (unpaired) electrons. The molecular formula is C13H17F2NOS. The van der Waals surface area contributed by atoms with E-state index in [1.807, 2.05) is 23.9 Å². The molecule has 2 nitrogen and oxygen atoms in total. The van der Waals surface area contributed by atoms with Crippen molar-refractivity contribution in [3.63, 3.8) is 0 Å². The van der Waals surface area contributed by atoms with Crippen molar-refractivity contribution in [1.82, 2.24) is 5.32 Å². The highest BCUT2D eigenvalue weighted by atomic mass is 32.2. The van der Waals surface area contributed by atoms with Gasteiger partial charge in [0.05, 0.1) is 0 Å². The lowest BCUT2D eigenvalue weighted by Crippen LogP contribution is -2.39. The largest absolute Gasteiger partial charge is 0.435 e. The van der Waals surface area contributed by atoms with Crippen LogP contribution in [-0.2, 0) is 0 Å². The molecule has 1 aromatic rings. The third-order valence-corrected chi connectivity index (χ3v) is 4.25. The maximum absolute atomic E-state index is 12.0. The van der Waals surface area contributed by atoms with Crippen LogP contribution >= 0.6 is 11.8 Å². The number of ether oxygens (including phenoxy) is 1. The predicted octanol–water partition coefficient (Wildman–Crippen LogP) is 3.44. The molecule has 1 fully saturated rings. The summed E-state index contributed by atoms with van der Waals surface area (Å²) in [5.74, 6) is 2.37. The molecule has 2 atom stereocenters. The molecule has 1 heterocycles. The molecule has 18 heavy (non-hydrogen) atoms. The van der Waals surface area contributed by atoms with Crippen LogP contribution in [0.2, 0.25) is 0 Å². The van der Waals surface area contributed by atoms with E-state index in [9.17, 15) is 8.78 Å². The van der Waals surface area contributed by atoms with Crippen molar-refractivity contribution in [3.05, 3.63) is 29.8 Å². The molecule has 1 saturated heterocycles. The van der Waals surface area contributed by atoms with Crippen molar-refractivity contribution >= 4 is 11.8 Å². The lowest BCUT2D eigenvalue weighted by Gasteiger charge is -2.30. The van der Waals surface area contributed by atoms with Crippen molar-refractivity contribution in [2.75, 3.05) is 11.5 Å². The zero-order chi connectivity index (χ0) is 13.0. The van der Waals surface area contributed by atoms with Gasteiger partial charge in [-0.1, -0.05) is 19.1 Å². The third-order valence-electron chi connectivity index (χ3n) is 3.04. The minimum atomic E-state index is -2.76. The molecule has 0 amide bonds. The molecule has 100 valence electrons. The Labute approximate surface area is 110 Å². The summed E-state index contributed by atoms with van der Waals surface area (Å²) in [6.07, 6.45) is 1.11. The van der Waals surface area contributed by atoms with E-state index >= 15 is 0 Å². The van der Waals surface area contributed by atoms with Gasteiger partial charge in [-0.2, -0.15) is 20.5 Å². The van der Waals surface area contributed by atoms with Crippen LogP contribution in [0.15, 0.2) is 24.3 Å². The van der Waals surface area contributed by atoms with Gasteiger partial charge in [-0.15, -0.1) is 0 Å². The molecule has 0 spiro atoms. The lowest BCUT2D eigenvalue weighted by molar-refractivity contribution is -0.0498. The number of benzene rings is 1. The normalized spacial score (nSPS) is 24.2. The van der Waals surface area contributed by atoms with E-state index in [4.69, 9.17) is 0 Å². The fraction of sp³-hybridized carbons (Fsp3) is 0.538. The smallest absolute Gasteiger partial charge is 0.387 e. The molecule has 1 aromatic carbocycles. The van der Waals surface area contributed by atoms with Gasteiger partial charge in [0, 0.05) is 23.6 Å². The van der Waals surface area contributed by atoms with E-state index in [2.05, 4.69) is 17.0 Å². The Morgan fingerprint density at radius 3 is 2.67 bits per heavy atom. The first-order valence-corrected chi connectivity index (χ1v) is 7.23. The van der Waals surface area contributed by atoms with Crippen LogP contribution in [0.3, 0.4) is 0 Å². The molecule has 0 aliphatic carbocycles. The topological polar surface area (TPSA) is 21.3 Å². The lowest BCUT2D eigenvalue weighted by atomic mass is 10.1. The Bertz CT molecular complexity index is 372. The highest BCUT2D eigenvalue weighted by Crippen LogP contribution is 2.27. The molecule has 0 saturated carbocycles. The van der Waals surface area contributed by atoms with Crippen molar-refractivity contribution in [2.45, 2.75) is 32.0 Å². The summed E-state index contributed by atoms with van der Waals surface area (Å²) in [7, 11) is 0. The Kier molecular flexibility index (Phi) is 4.83. The first kappa shape index (κ1) is 13.6. The molecule has 5 heteroatoms. The van der Waals surface area contributed by atoms with Gasteiger partial charge < -0.3 is 10.1 Å². The van der Waals surface area contributed by atoms with Crippen LogP contribution in [-0.4, -0.2) is 24.2 Å². The van der Waals surface area contributed by atoms with E-state index in [0.717, 1.165) is 23.5 Å². The van der Waals surface area contributed by atoms with E-state index in [-0.39, 0.29) is 5.75 Å². The second-order valence-corrected chi connectivity index (χ2v) is 5.38. The molecule has 2 unspecified atom stereocenters. The number of thioether (sulfide) groups is 1. The molecule has 1 N–H and O–H groups in total. The number of hydrogen-bond acceptors (Lipinski definition) is 3. The van der Waals surface area contributed by atoms with E-state index in [0.29, 0.717) is 12.1 Å². The summed E-state index contributed by atoms with van der Waals surface area (Å²) in [6, 6.07) is 7.74. The number of nitrogens with one attached hydrogen (secondary N) is 1. The maximum Gasteiger partial charge on any atom is 0.387 e. The summed E-state index contributed by atoms with van der Waals surface area (Å²) < 4.78 is 28.4. The highest BCUT2D eigenvalue weighted by molar-refractivity contribution is 7.99. The summed E-state index contributed by atoms with van der Waals surface area (Å²) >= 11 is 1.93. The van der Waals surface area contributed by atoms with Gasteiger partial charge in [0.15, 0.2) is 0 Å². The SMILES string of the molecule is CCC1CSCC(c2ccc(OC(F)F)cc2)N1. The standard InChI is InChI=1S/C13H17F2NOS/c1-2-10-7-18-8-12(16-10)9-3-5-11(6-4-9)17-13(14)15/h3-6,10,12-13,16H,2,7-8H2,1H3. The fourth-order valence-corrected chi connectivity index (χ4v) is 3.30. The average Bonchev–Trinajstić information content (AvgIpc) is 2.39. The fourth-order valence-electron chi connectivity index (χ4n) is 2.02. The third kappa shape index (κ3) is 3.59. The quantitative estimate of drug-likeness (QED) is 0.908. The van der Waals surface area contributed by atoms with Gasteiger partial charge in [-0.05, 0) is 24.1 Å². The zero-order valence-electron chi connectivity index (χ0n) is 10.2. The van der Waals surface area contributed by atoms with Crippen LogP contribution in [0.25, 0.3) is 0 Å². The summed E-state index contributed by atoms with van der Waals surface area (Å²) in [5.41, 5.74) is 1.13. The second kappa shape index (κ2) is 6.38. The predicted molar refractivity (Wildman–Crippen MR) is 70.4 cm³/mol. The Morgan fingerprint density at radius 1 is 1.33 bits per heavy atom. The zero-order valence-corrected chi connectivity index (χ0v) is 11.1. The number of hydrogen-bond donors (Lipinski definition) is 1. The molecule has 1 aliphatic heterocycles. The Hall–Kier alpha value is -0.810. The van der Waals surface area contributed by atoms with Gasteiger partial charge in [0.1, 0.15) is 5.75 Å². The minimum absolute atomic E-state index is 0.212. The summed E-state index contributed by atoms with van der Waals surface area (Å²) in [6.45, 7) is -0.594. The highest BCUT2D eigenvalue weighted by Gasteiger charge is 2.21. The average molecular weight is 273 g/mol. The van der Waals surface area contributed by atoms with Gasteiger partial charge in [-0.25, -0.2) is 0 Å². The number of halogens is 2. The van der Waals surface area contributed by atoms with Crippen LogP contribution < -0.4 is 10.1 Å². The first-order chi connectivity index (χ1) is 8.69. The Morgan fingerprint density at radius 2 is 2.06 bits per heavy atom. The Balaban J connectivity index is 2.00. The minimum Gasteiger partial charge on any atom is -0.435 e. The van der Waals surface area contributed by atoms with Crippen molar-refractivity contribution in [3.8, 4) is 5.75 Å². The molecule has 0 aromatic heterocycles. The van der Waals surface area contributed by atoms with E-state index < -0.39 is 6.61 Å². The van der Waals surface area contributed by atoms with Crippen LogP contribution in [0.4, 0.5) is 8.78 Å². The molecular weight excluding hydrogens is 256 g/mol. The second-order valence-electron chi connectivity index (χ2n) is 4.31. The summed E-state index contributed by atoms with van der Waals surface area (Å²) in [4.78, 5) is 0. The number of alkyl halides is 2. The van der Waals surface area contributed by atoms with Crippen LogP contribution in [0, 0.1) is 0 Å². The van der Waals surface area contributed by atoms with Gasteiger partial charge in [-0.3, -0.25) is 0 Å². The van der Waals surface area contributed by atoms with Gasteiger partial charge in [0.2, 0.25) is 0 Å². The summed E-state index contributed by atoms with van der Waals surface area (Å²) in [5, 5.41) is 3.57. The van der Waals surface area contributed by atoms with E-state index in [1.165, 1.54) is 0 Å². The monoisotopic (exact) mass is 273 g/mol. The van der Waals surface area contributed by atoms with Crippen molar-refractivity contribution in [1.29, 1.82) is 0 Å². The maximum atomic E-state index is 12.0. The van der Waals surface area contributed by atoms with Crippen molar-refractivity contribution in [2.24, 2.45) is 0 Å². The van der Waals surface area contributed by atoms with E-state index in [1.54, 1.807) is 12.1 Å². The van der Waals surface area contributed by atoms with Crippen LogP contribution in [0.5, 0.6) is 5.75 Å². The first-order valence-electron chi connectivity index (χ1n) is 6.07. The van der Waals surface area contributed by atoms with Gasteiger partial charge >= 0.3 is 6.61 Å².